The second-order valence-corrected chi connectivity index (χ2v) is 3.08. The maximum atomic E-state index is 5.53. The van der Waals surface area contributed by atoms with E-state index in [1.165, 1.54) is 0 Å². The van der Waals surface area contributed by atoms with Gasteiger partial charge in [-0.3, -0.25) is 0 Å². The highest BCUT2D eigenvalue weighted by atomic mass is 35.5. The number of hydrogen-bond acceptors (Lipinski definition) is 2. The molecule has 0 radical (unpaired) electrons. The summed E-state index contributed by atoms with van der Waals surface area (Å²) in [5.74, 6) is 0.630. The fourth-order valence-corrected chi connectivity index (χ4v) is 0.605. The summed E-state index contributed by atoms with van der Waals surface area (Å²) in [6.45, 7) is 9.17. The van der Waals surface area contributed by atoms with E-state index in [-0.39, 0.29) is 6.10 Å². The number of nitrogens with zero attached hydrogens (tertiary/aromatic N) is 1. The SMILES string of the molecule is C=C/C(=C\N=C(C)Cl)OC(C)C. The minimum absolute atomic E-state index is 0.125. The summed E-state index contributed by atoms with van der Waals surface area (Å²) in [6.07, 6.45) is 3.28. The number of halogens is 1. The van der Waals surface area contributed by atoms with Crippen molar-refractivity contribution >= 4 is 16.8 Å². The van der Waals surface area contributed by atoms with Crippen molar-refractivity contribution < 1.29 is 4.74 Å². The zero-order valence-electron chi connectivity index (χ0n) is 7.67. The molecule has 0 aromatic rings. The second-order valence-electron chi connectivity index (χ2n) is 2.53. The van der Waals surface area contributed by atoms with Gasteiger partial charge in [-0.2, -0.15) is 0 Å². The first-order valence-corrected chi connectivity index (χ1v) is 4.13. The topological polar surface area (TPSA) is 21.6 Å². The number of hydrogen-bond donors (Lipinski definition) is 0. The van der Waals surface area contributed by atoms with Crippen molar-refractivity contribution in [2.45, 2.75) is 26.9 Å². The van der Waals surface area contributed by atoms with Crippen molar-refractivity contribution in [2.24, 2.45) is 4.99 Å². The number of rotatable bonds is 4. The van der Waals surface area contributed by atoms with Gasteiger partial charge in [0.05, 0.1) is 12.3 Å². The first kappa shape index (κ1) is 11.2. The third-order valence-electron chi connectivity index (χ3n) is 0.943. The molecule has 0 unspecified atom stereocenters. The van der Waals surface area contributed by atoms with Crippen LogP contribution in [-0.2, 0) is 4.74 Å². The van der Waals surface area contributed by atoms with Crippen LogP contribution < -0.4 is 0 Å². The van der Waals surface area contributed by atoms with Gasteiger partial charge in [0.2, 0.25) is 0 Å². The molecule has 0 fully saturated rings. The van der Waals surface area contributed by atoms with Crippen LogP contribution in [0.15, 0.2) is 29.6 Å². The van der Waals surface area contributed by atoms with E-state index in [4.69, 9.17) is 16.3 Å². The van der Waals surface area contributed by atoms with Gasteiger partial charge < -0.3 is 4.74 Å². The molecule has 68 valence electrons. The van der Waals surface area contributed by atoms with Gasteiger partial charge in [0.25, 0.3) is 0 Å². The lowest BCUT2D eigenvalue weighted by Crippen LogP contribution is -2.00. The lowest BCUT2D eigenvalue weighted by atomic mass is 10.4. The van der Waals surface area contributed by atoms with Crippen LogP contribution in [0.3, 0.4) is 0 Å². The number of ether oxygens (including phenoxy) is 1. The minimum Gasteiger partial charge on any atom is -0.489 e. The van der Waals surface area contributed by atoms with E-state index in [1.807, 2.05) is 13.8 Å². The maximum Gasteiger partial charge on any atom is 0.137 e. The third kappa shape index (κ3) is 5.98. The molecule has 0 spiro atoms. The van der Waals surface area contributed by atoms with E-state index in [9.17, 15) is 0 Å². The molecule has 0 bridgehead atoms. The van der Waals surface area contributed by atoms with E-state index in [1.54, 1.807) is 19.2 Å². The van der Waals surface area contributed by atoms with Crippen molar-refractivity contribution in [3.05, 3.63) is 24.6 Å². The van der Waals surface area contributed by atoms with Crippen LogP contribution in [0.4, 0.5) is 0 Å². The van der Waals surface area contributed by atoms with Crippen LogP contribution in [0.5, 0.6) is 0 Å². The summed E-state index contributed by atoms with van der Waals surface area (Å²) in [7, 11) is 0. The Hall–Kier alpha value is -0.760. The monoisotopic (exact) mass is 187 g/mol. The molecule has 0 aromatic carbocycles. The van der Waals surface area contributed by atoms with Crippen molar-refractivity contribution in [1.29, 1.82) is 0 Å². The van der Waals surface area contributed by atoms with Crippen LogP contribution in [-0.4, -0.2) is 11.3 Å². The summed E-state index contributed by atoms with van der Waals surface area (Å²) >= 11 is 5.53. The number of aliphatic imine (C=N–C) groups is 1. The van der Waals surface area contributed by atoms with E-state index < -0.39 is 0 Å². The quantitative estimate of drug-likeness (QED) is 0.377. The summed E-state index contributed by atoms with van der Waals surface area (Å²) in [5.41, 5.74) is 0. The zero-order valence-corrected chi connectivity index (χ0v) is 8.43. The molecule has 0 N–H and O–H groups in total. The summed E-state index contributed by atoms with van der Waals surface area (Å²) in [4.78, 5) is 3.87. The van der Waals surface area contributed by atoms with Gasteiger partial charge in [0.1, 0.15) is 10.9 Å². The van der Waals surface area contributed by atoms with Crippen LogP contribution >= 0.6 is 11.6 Å². The van der Waals surface area contributed by atoms with Crippen molar-refractivity contribution in [2.75, 3.05) is 0 Å². The fourth-order valence-electron chi connectivity index (χ4n) is 0.556. The Bertz CT molecular complexity index is 203. The van der Waals surface area contributed by atoms with Crippen LogP contribution in [0, 0.1) is 0 Å². The Balaban J connectivity index is 4.24. The Labute approximate surface area is 78.6 Å². The molecule has 0 aliphatic carbocycles. The lowest BCUT2D eigenvalue weighted by molar-refractivity contribution is 0.157. The van der Waals surface area contributed by atoms with E-state index >= 15 is 0 Å². The van der Waals surface area contributed by atoms with Gasteiger partial charge in [-0.15, -0.1) is 0 Å². The largest absolute Gasteiger partial charge is 0.489 e. The highest BCUT2D eigenvalue weighted by molar-refractivity contribution is 6.64. The maximum absolute atomic E-state index is 5.53. The lowest BCUT2D eigenvalue weighted by Gasteiger charge is -2.08. The molecule has 0 aliphatic rings. The molecule has 0 rings (SSSR count). The van der Waals surface area contributed by atoms with E-state index in [0.29, 0.717) is 10.9 Å². The number of allylic oxidation sites excluding steroid dienone is 1. The minimum atomic E-state index is 0.125. The normalized spacial score (nSPS) is 13.4. The molecule has 0 aromatic heterocycles. The van der Waals surface area contributed by atoms with Crippen LogP contribution in [0.25, 0.3) is 0 Å². The first-order valence-electron chi connectivity index (χ1n) is 3.75. The predicted molar refractivity (Wildman–Crippen MR) is 53.5 cm³/mol. The van der Waals surface area contributed by atoms with Crippen molar-refractivity contribution in [3.63, 3.8) is 0 Å². The van der Waals surface area contributed by atoms with Crippen molar-refractivity contribution in [3.8, 4) is 0 Å². The predicted octanol–water partition coefficient (Wildman–Crippen LogP) is 3.10. The fraction of sp³-hybridized carbons (Fsp3) is 0.444. The van der Waals surface area contributed by atoms with Gasteiger partial charge >= 0.3 is 0 Å². The molecule has 0 aliphatic heterocycles. The summed E-state index contributed by atoms with van der Waals surface area (Å²) < 4.78 is 5.33. The molecule has 2 nitrogen and oxygen atoms in total. The van der Waals surface area contributed by atoms with Crippen LogP contribution in [0.1, 0.15) is 20.8 Å². The first-order chi connectivity index (χ1) is 5.56. The van der Waals surface area contributed by atoms with Gasteiger partial charge in [-0.1, -0.05) is 18.2 Å². The Morgan fingerprint density at radius 2 is 2.17 bits per heavy atom. The van der Waals surface area contributed by atoms with Gasteiger partial charge in [0.15, 0.2) is 0 Å². The highest BCUT2D eigenvalue weighted by Crippen LogP contribution is 2.03. The average Bonchev–Trinajstić information content (AvgIpc) is 1.97. The van der Waals surface area contributed by atoms with Crippen LogP contribution in [0.2, 0.25) is 0 Å². The van der Waals surface area contributed by atoms with Gasteiger partial charge in [-0.25, -0.2) is 4.99 Å². The summed E-state index contributed by atoms with van der Waals surface area (Å²) in [5, 5.41) is 0.474. The molecule has 12 heavy (non-hydrogen) atoms. The Kier molecular flexibility index (Phi) is 5.47. The van der Waals surface area contributed by atoms with E-state index in [0.717, 1.165) is 0 Å². The Morgan fingerprint density at radius 3 is 2.50 bits per heavy atom. The molecule has 0 heterocycles. The van der Waals surface area contributed by atoms with Crippen molar-refractivity contribution in [1.82, 2.24) is 0 Å². The molecule has 0 saturated carbocycles. The molecule has 0 saturated heterocycles. The molecular weight excluding hydrogens is 174 g/mol. The smallest absolute Gasteiger partial charge is 0.137 e. The standard InChI is InChI=1S/C9H14ClNO/c1-5-9(12-7(2)3)6-11-8(4)10/h5-7H,1H2,2-4H3/b9-6+,11-8?. The highest BCUT2D eigenvalue weighted by Gasteiger charge is 1.95. The zero-order chi connectivity index (χ0) is 9.56. The molecule has 0 atom stereocenters. The average molecular weight is 188 g/mol. The third-order valence-corrected chi connectivity index (χ3v) is 1.04. The van der Waals surface area contributed by atoms with Gasteiger partial charge in [-0.05, 0) is 26.8 Å². The van der Waals surface area contributed by atoms with Gasteiger partial charge in [0, 0.05) is 0 Å². The Morgan fingerprint density at radius 1 is 1.58 bits per heavy atom. The molecular formula is C9H14ClNO. The molecule has 3 heteroatoms. The second kappa shape index (κ2) is 5.84. The summed E-state index contributed by atoms with van der Waals surface area (Å²) in [6, 6.07) is 0. The van der Waals surface area contributed by atoms with E-state index in [2.05, 4.69) is 11.6 Å². The molecule has 0 amide bonds.